The molecule has 0 bridgehead atoms. The first-order valence-electron chi connectivity index (χ1n) is 11.9. The summed E-state index contributed by atoms with van der Waals surface area (Å²) in [7, 11) is 0. The van der Waals surface area contributed by atoms with Crippen LogP contribution in [0.3, 0.4) is 0 Å². The third-order valence-electron chi connectivity index (χ3n) is 7.52. The van der Waals surface area contributed by atoms with Crippen LogP contribution in [0.2, 0.25) is 0 Å². The Morgan fingerprint density at radius 2 is 0.912 bits per heavy atom. The monoisotopic (exact) mass is 428 g/mol. The van der Waals surface area contributed by atoms with Crippen LogP contribution in [0.4, 0.5) is 0 Å². The average Bonchev–Trinajstić information content (AvgIpc) is 3.20. The molecule has 0 nitrogen and oxygen atoms in total. The highest BCUT2D eigenvalue weighted by molar-refractivity contribution is 6.24. The molecule has 0 aliphatic heterocycles. The Kier molecular flexibility index (Phi) is 3.48. The molecule has 0 aromatic heterocycles. The molecule has 0 spiro atoms. The van der Waals surface area contributed by atoms with Gasteiger partial charge in [0.1, 0.15) is 0 Å². The summed E-state index contributed by atoms with van der Waals surface area (Å²) < 4.78 is 0. The van der Waals surface area contributed by atoms with Crippen molar-refractivity contribution in [1.82, 2.24) is 0 Å². The van der Waals surface area contributed by atoms with E-state index in [0.29, 0.717) is 0 Å². The van der Waals surface area contributed by atoms with Gasteiger partial charge in [0.05, 0.1) is 0 Å². The van der Waals surface area contributed by atoms with E-state index in [1.807, 2.05) is 0 Å². The van der Waals surface area contributed by atoms with Crippen LogP contribution in [0.15, 0.2) is 121 Å². The van der Waals surface area contributed by atoms with E-state index in [0.717, 1.165) is 0 Å². The van der Waals surface area contributed by atoms with Gasteiger partial charge in [0.2, 0.25) is 0 Å². The maximum absolute atomic E-state index is 2.41. The third-order valence-corrected chi connectivity index (χ3v) is 7.52. The largest absolute Gasteiger partial charge is 0.0622 e. The molecule has 0 heteroatoms. The fourth-order valence-electron chi connectivity index (χ4n) is 5.99. The van der Waals surface area contributed by atoms with Gasteiger partial charge in [0, 0.05) is 0 Å². The first-order chi connectivity index (χ1) is 16.8. The van der Waals surface area contributed by atoms with Crippen LogP contribution >= 0.6 is 0 Å². The maximum atomic E-state index is 2.41. The van der Waals surface area contributed by atoms with E-state index in [4.69, 9.17) is 0 Å². The molecular weight excluding hydrogens is 408 g/mol. The summed E-state index contributed by atoms with van der Waals surface area (Å²) in [6.07, 6.45) is 0. The van der Waals surface area contributed by atoms with E-state index >= 15 is 0 Å². The van der Waals surface area contributed by atoms with E-state index in [1.54, 1.807) is 0 Å². The SMILES string of the molecule is c1ccc(-c2cccc3cc4cc5c(cc4cc23)-c2cccc3c2c-5cc2ccccc23)cc1. The molecule has 0 atom stereocenters. The lowest BCUT2D eigenvalue weighted by Gasteiger charge is -2.11. The predicted octanol–water partition coefficient (Wildman–Crippen LogP) is 9.61. The van der Waals surface area contributed by atoms with Crippen LogP contribution in [-0.4, -0.2) is 0 Å². The Bertz CT molecular complexity index is 1940. The molecule has 0 amide bonds. The number of rotatable bonds is 1. The molecule has 0 saturated carbocycles. The van der Waals surface area contributed by atoms with Gasteiger partial charge in [-0.2, -0.15) is 0 Å². The Balaban J connectivity index is 1.46. The van der Waals surface area contributed by atoms with Gasteiger partial charge in [-0.05, 0) is 107 Å². The van der Waals surface area contributed by atoms with Crippen LogP contribution in [-0.2, 0) is 0 Å². The Hall–Kier alpha value is -4.42. The van der Waals surface area contributed by atoms with Gasteiger partial charge in [-0.15, -0.1) is 0 Å². The van der Waals surface area contributed by atoms with E-state index in [1.165, 1.54) is 76.5 Å². The zero-order chi connectivity index (χ0) is 22.2. The van der Waals surface area contributed by atoms with Gasteiger partial charge < -0.3 is 0 Å². The standard InChI is InChI=1S/C34H20/c1-2-8-21(9-3-1)26-13-6-11-22-16-24-19-32-31(20-25(24)18-30(22)26)29-15-7-14-28-27-12-5-4-10-23(27)17-33(32)34(28)29/h1-20H. The van der Waals surface area contributed by atoms with Gasteiger partial charge in [0.15, 0.2) is 0 Å². The summed E-state index contributed by atoms with van der Waals surface area (Å²) in [5.74, 6) is 0. The van der Waals surface area contributed by atoms with E-state index in [2.05, 4.69) is 121 Å². The van der Waals surface area contributed by atoms with Crippen molar-refractivity contribution in [2.24, 2.45) is 0 Å². The number of hydrogen-bond acceptors (Lipinski definition) is 0. The minimum absolute atomic E-state index is 1.26. The third kappa shape index (κ3) is 2.37. The van der Waals surface area contributed by atoms with Crippen molar-refractivity contribution in [3.8, 4) is 33.4 Å². The summed E-state index contributed by atoms with van der Waals surface area (Å²) >= 11 is 0. The normalized spacial score (nSPS) is 12.1. The van der Waals surface area contributed by atoms with Crippen molar-refractivity contribution in [2.75, 3.05) is 0 Å². The zero-order valence-electron chi connectivity index (χ0n) is 18.5. The molecule has 7 aromatic carbocycles. The second-order valence-electron chi connectivity index (χ2n) is 9.36. The molecule has 7 aromatic rings. The lowest BCUT2D eigenvalue weighted by Crippen LogP contribution is -1.84. The molecule has 1 aliphatic rings. The van der Waals surface area contributed by atoms with Crippen molar-refractivity contribution in [2.45, 2.75) is 0 Å². The summed E-state index contributed by atoms with van der Waals surface area (Å²) in [5.41, 5.74) is 7.96. The molecule has 1 aliphatic carbocycles. The van der Waals surface area contributed by atoms with Crippen LogP contribution in [0, 0.1) is 0 Å². The van der Waals surface area contributed by atoms with Crippen LogP contribution in [0.25, 0.3) is 76.5 Å². The van der Waals surface area contributed by atoms with Gasteiger partial charge in [-0.25, -0.2) is 0 Å². The number of hydrogen-bond donors (Lipinski definition) is 0. The quantitative estimate of drug-likeness (QED) is 0.180. The molecule has 156 valence electrons. The summed E-state index contributed by atoms with van der Waals surface area (Å²) in [4.78, 5) is 0. The fraction of sp³-hybridized carbons (Fsp3) is 0. The van der Waals surface area contributed by atoms with E-state index < -0.39 is 0 Å². The van der Waals surface area contributed by atoms with Gasteiger partial charge in [-0.1, -0.05) is 91.0 Å². The lowest BCUT2D eigenvalue weighted by molar-refractivity contribution is 1.66. The highest BCUT2D eigenvalue weighted by atomic mass is 14.3. The first-order valence-corrected chi connectivity index (χ1v) is 11.9. The molecule has 0 fully saturated rings. The van der Waals surface area contributed by atoms with Crippen LogP contribution < -0.4 is 0 Å². The average molecular weight is 429 g/mol. The van der Waals surface area contributed by atoms with E-state index in [9.17, 15) is 0 Å². The maximum Gasteiger partial charge on any atom is -0.00199 e. The Labute approximate surface area is 197 Å². The van der Waals surface area contributed by atoms with Crippen molar-refractivity contribution >= 4 is 43.1 Å². The zero-order valence-corrected chi connectivity index (χ0v) is 18.5. The molecule has 34 heavy (non-hydrogen) atoms. The molecule has 0 N–H and O–H groups in total. The van der Waals surface area contributed by atoms with Gasteiger partial charge in [-0.3, -0.25) is 0 Å². The number of benzene rings is 7. The molecule has 0 saturated heterocycles. The molecular formula is C34H20. The van der Waals surface area contributed by atoms with Crippen LogP contribution in [0.5, 0.6) is 0 Å². The minimum atomic E-state index is 1.26. The summed E-state index contributed by atoms with van der Waals surface area (Å²) in [5, 5.41) is 10.6. The molecule has 0 heterocycles. The second kappa shape index (κ2) is 6.56. The molecule has 0 unspecified atom stereocenters. The smallest absolute Gasteiger partial charge is 0.00199 e. The Morgan fingerprint density at radius 3 is 1.82 bits per heavy atom. The highest BCUT2D eigenvalue weighted by Gasteiger charge is 2.23. The number of fused-ring (bicyclic) bond motifs is 7. The van der Waals surface area contributed by atoms with Crippen molar-refractivity contribution in [1.29, 1.82) is 0 Å². The van der Waals surface area contributed by atoms with Gasteiger partial charge in [0.25, 0.3) is 0 Å². The summed E-state index contributed by atoms with van der Waals surface area (Å²) in [6, 6.07) is 44.8. The van der Waals surface area contributed by atoms with Crippen molar-refractivity contribution < 1.29 is 0 Å². The van der Waals surface area contributed by atoms with Gasteiger partial charge >= 0.3 is 0 Å². The summed E-state index contributed by atoms with van der Waals surface area (Å²) in [6.45, 7) is 0. The predicted molar refractivity (Wildman–Crippen MR) is 146 cm³/mol. The van der Waals surface area contributed by atoms with Crippen LogP contribution in [0.1, 0.15) is 0 Å². The minimum Gasteiger partial charge on any atom is -0.0622 e. The molecule has 0 radical (unpaired) electrons. The topological polar surface area (TPSA) is 0 Å². The Morgan fingerprint density at radius 1 is 0.294 bits per heavy atom. The van der Waals surface area contributed by atoms with Crippen molar-refractivity contribution in [3.05, 3.63) is 121 Å². The fourth-order valence-corrected chi connectivity index (χ4v) is 5.99. The first kappa shape index (κ1) is 18.1. The second-order valence-corrected chi connectivity index (χ2v) is 9.36. The lowest BCUT2D eigenvalue weighted by atomic mass is 9.93. The van der Waals surface area contributed by atoms with E-state index in [-0.39, 0.29) is 0 Å². The van der Waals surface area contributed by atoms with Crippen molar-refractivity contribution in [3.63, 3.8) is 0 Å². The highest BCUT2D eigenvalue weighted by Crippen LogP contribution is 2.50. The molecule has 8 rings (SSSR count).